The fourth-order valence-electron chi connectivity index (χ4n) is 1.43. The lowest BCUT2D eigenvalue weighted by Gasteiger charge is -2.20. The Morgan fingerprint density at radius 1 is 1.58 bits per heavy atom. The first kappa shape index (κ1) is 9.04. The van der Waals surface area contributed by atoms with Crippen LogP contribution in [0.15, 0.2) is 23.8 Å². The quantitative estimate of drug-likeness (QED) is 0.610. The first-order valence-electron chi connectivity index (χ1n) is 4.21. The Bertz CT molecular complexity index is 251. The van der Waals surface area contributed by atoms with Crippen LogP contribution in [0.4, 0.5) is 0 Å². The van der Waals surface area contributed by atoms with Crippen LogP contribution < -0.4 is 0 Å². The molecule has 0 aromatic rings. The maximum atomic E-state index is 11.6. The number of hydrogen-bond donors (Lipinski definition) is 0. The van der Waals surface area contributed by atoms with Gasteiger partial charge in [-0.05, 0) is 26.3 Å². The molecule has 0 aromatic carbocycles. The fraction of sp³-hybridized carbons (Fsp3) is 0.500. The standard InChI is InChI=1S/C10H15NO/c1-5-9-8(4)6-11(7(2)3)10(9)12/h5,7H,1,6H2,2-4H3. The summed E-state index contributed by atoms with van der Waals surface area (Å²) in [6.07, 6.45) is 1.65. The molecule has 0 aromatic heterocycles. The van der Waals surface area contributed by atoms with Crippen LogP contribution in [0.25, 0.3) is 0 Å². The molecule has 1 aliphatic heterocycles. The largest absolute Gasteiger partial charge is 0.332 e. The number of rotatable bonds is 2. The lowest BCUT2D eigenvalue weighted by Crippen LogP contribution is -2.33. The van der Waals surface area contributed by atoms with Crippen molar-refractivity contribution in [1.82, 2.24) is 4.90 Å². The van der Waals surface area contributed by atoms with Crippen LogP contribution >= 0.6 is 0 Å². The average molecular weight is 165 g/mol. The minimum Gasteiger partial charge on any atom is -0.332 e. The van der Waals surface area contributed by atoms with Gasteiger partial charge in [0.15, 0.2) is 0 Å². The van der Waals surface area contributed by atoms with Crippen molar-refractivity contribution in [3.05, 3.63) is 23.8 Å². The Morgan fingerprint density at radius 3 is 2.42 bits per heavy atom. The summed E-state index contributed by atoms with van der Waals surface area (Å²) < 4.78 is 0. The van der Waals surface area contributed by atoms with E-state index in [2.05, 4.69) is 6.58 Å². The zero-order valence-electron chi connectivity index (χ0n) is 7.92. The van der Waals surface area contributed by atoms with Crippen LogP contribution in [0.5, 0.6) is 0 Å². The summed E-state index contributed by atoms with van der Waals surface area (Å²) in [7, 11) is 0. The first-order valence-corrected chi connectivity index (χ1v) is 4.21. The molecule has 12 heavy (non-hydrogen) atoms. The van der Waals surface area contributed by atoms with Gasteiger partial charge in [-0.1, -0.05) is 12.7 Å². The van der Waals surface area contributed by atoms with Crippen molar-refractivity contribution >= 4 is 5.91 Å². The predicted octanol–water partition coefficient (Wildman–Crippen LogP) is 1.74. The van der Waals surface area contributed by atoms with E-state index in [1.165, 1.54) is 0 Å². The SMILES string of the molecule is C=CC1=C(C)CN(C(C)C)C1=O. The van der Waals surface area contributed by atoms with Gasteiger partial charge >= 0.3 is 0 Å². The van der Waals surface area contributed by atoms with Crippen LogP contribution in [0.1, 0.15) is 20.8 Å². The molecule has 2 nitrogen and oxygen atoms in total. The third kappa shape index (κ3) is 1.29. The average Bonchev–Trinajstić information content (AvgIpc) is 2.27. The zero-order valence-corrected chi connectivity index (χ0v) is 7.92. The normalized spacial score (nSPS) is 18.0. The molecule has 1 rings (SSSR count). The van der Waals surface area contributed by atoms with Gasteiger partial charge in [0.2, 0.25) is 0 Å². The van der Waals surface area contributed by atoms with E-state index in [-0.39, 0.29) is 11.9 Å². The highest BCUT2D eigenvalue weighted by atomic mass is 16.2. The third-order valence-corrected chi connectivity index (χ3v) is 2.19. The molecule has 0 saturated heterocycles. The highest BCUT2D eigenvalue weighted by molar-refractivity contribution is 5.99. The number of carbonyl (C=O) groups excluding carboxylic acids is 1. The molecule has 0 bridgehead atoms. The highest BCUT2D eigenvalue weighted by Crippen LogP contribution is 2.20. The lowest BCUT2D eigenvalue weighted by atomic mass is 10.2. The van der Waals surface area contributed by atoms with Crippen molar-refractivity contribution in [1.29, 1.82) is 0 Å². The van der Waals surface area contributed by atoms with Crippen LogP contribution in [0, 0.1) is 0 Å². The molecule has 0 atom stereocenters. The lowest BCUT2D eigenvalue weighted by molar-refractivity contribution is -0.126. The van der Waals surface area contributed by atoms with Gasteiger partial charge in [0.1, 0.15) is 0 Å². The molecule has 1 amide bonds. The van der Waals surface area contributed by atoms with E-state index >= 15 is 0 Å². The summed E-state index contributed by atoms with van der Waals surface area (Å²) >= 11 is 0. The molecule has 2 heteroatoms. The molecule has 0 radical (unpaired) electrons. The monoisotopic (exact) mass is 165 g/mol. The van der Waals surface area contributed by atoms with Crippen molar-refractivity contribution in [2.75, 3.05) is 6.54 Å². The molecule has 1 heterocycles. The van der Waals surface area contributed by atoms with Gasteiger partial charge in [-0.2, -0.15) is 0 Å². The molecule has 0 saturated carbocycles. The van der Waals surface area contributed by atoms with Crippen molar-refractivity contribution in [2.45, 2.75) is 26.8 Å². The van der Waals surface area contributed by atoms with E-state index in [0.29, 0.717) is 0 Å². The van der Waals surface area contributed by atoms with Gasteiger partial charge in [-0.25, -0.2) is 0 Å². The number of amides is 1. The number of carbonyl (C=O) groups is 1. The van der Waals surface area contributed by atoms with Gasteiger partial charge < -0.3 is 4.90 Å². The van der Waals surface area contributed by atoms with Crippen molar-refractivity contribution < 1.29 is 4.79 Å². The molecule has 0 aliphatic carbocycles. The smallest absolute Gasteiger partial charge is 0.254 e. The van der Waals surface area contributed by atoms with E-state index in [0.717, 1.165) is 17.7 Å². The maximum Gasteiger partial charge on any atom is 0.254 e. The summed E-state index contributed by atoms with van der Waals surface area (Å²) in [6, 6.07) is 0.282. The third-order valence-electron chi connectivity index (χ3n) is 2.19. The molecule has 0 fully saturated rings. The Labute approximate surface area is 73.6 Å². The zero-order chi connectivity index (χ0) is 9.30. The topological polar surface area (TPSA) is 20.3 Å². The Hall–Kier alpha value is -1.05. The second-order valence-electron chi connectivity index (χ2n) is 3.42. The van der Waals surface area contributed by atoms with Crippen LogP contribution in [-0.4, -0.2) is 23.4 Å². The van der Waals surface area contributed by atoms with Gasteiger partial charge in [0, 0.05) is 18.2 Å². The van der Waals surface area contributed by atoms with E-state index in [1.807, 2.05) is 25.7 Å². The Morgan fingerprint density at radius 2 is 2.17 bits per heavy atom. The van der Waals surface area contributed by atoms with Gasteiger partial charge in [0.05, 0.1) is 0 Å². The molecule has 1 aliphatic rings. The van der Waals surface area contributed by atoms with E-state index in [4.69, 9.17) is 0 Å². The van der Waals surface area contributed by atoms with E-state index < -0.39 is 0 Å². The second kappa shape index (κ2) is 3.13. The molecule has 0 unspecified atom stereocenters. The maximum absolute atomic E-state index is 11.6. The number of nitrogens with zero attached hydrogens (tertiary/aromatic N) is 1. The molecule has 0 N–H and O–H groups in total. The molecular weight excluding hydrogens is 150 g/mol. The number of hydrogen-bond acceptors (Lipinski definition) is 1. The minimum atomic E-state index is 0.123. The van der Waals surface area contributed by atoms with Crippen LogP contribution in [-0.2, 0) is 4.79 Å². The highest BCUT2D eigenvalue weighted by Gasteiger charge is 2.27. The van der Waals surface area contributed by atoms with Gasteiger partial charge in [-0.15, -0.1) is 0 Å². The van der Waals surface area contributed by atoms with Crippen LogP contribution in [0.2, 0.25) is 0 Å². The molecule has 0 spiro atoms. The fourth-order valence-corrected chi connectivity index (χ4v) is 1.43. The predicted molar refractivity (Wildman–Crippen MR) is 49.7 cm³/mol. The van der Waals surface area contributed by atoms with E-state index in [9.17, 15) is 4.79 Å². The van der Waals surface area contributed by atoms with Gasteiger partial charge in [-0.3, -0.25) is 4.79 Å². The second-order valence-corrected chi connectivity index (χ2v) is 3.42. The molecule has 66 valence electrons. The minimum absolute atomic E-state index is 0.123. The summed E-state index contributed by atoms with van der Waals surface area (Å²) in [6.45, 7) is 10.4. The summed E-state index contributed by atoms with van der Waals surface area (Å²) in [5.74, 6) is 0.123. The summed E-state index contributed by atoms with van der Waals surface area (Å²) in [5.41, 5.74) is 1.91. The van der Waals surface area contributed by atoms with Gasteiger partial charge in [0.25, 0.3) is 5.91 Å². The van der Waals surface area contributed by atoms with Crippen molar-refractivity contribution in [3.8, 4) is 0 Å². The Kier molecular flexibility index (Phi) is 2.36. The summed E-state index contributed by atoms with van der Waals surface area (Å²) in [5, 5.41) is 0. The van der Waals surface area contributed by atoms with Crippen LogP contribution in [0.3, 0.4) is 0 Å². The van der Waals surface area contributed by atoms with Crippen molar-refractivity contribution in [3.63, 3.8) is 0 Å². The summed E-state index contributed by atoms with van der Waals surface area (Å²) in [4.78, 5) is 13.4. The molecular formula is C10H15NO. The Balaban J connectivity index is 2.87. The van der Waals surface area contributed by atoms with Crippen molar-refractivity contribution in [2.24, 2.45) is 0 Å². The first-order chi connectivity index (χ1) is 5.57. The van der Waals surface area contributed by atoms with E-state index in [1.54, 1.807) is 6.08 Å².